The molecule has 2 aliphatic heterocycles. The number of hydrogen-bond donors (Lipinski definition) is 2. The molecule has 0 bridgehead atoms. The lowest BCUT2D eigenvalue weighted by atomic mass is 9.82. The van der Waals surface area contributed by atoms with Crippen molar-refractivity contribution in [3.8, 4) is 0 Å². The third-order valence-electron chi connectivity index (χ3n) is 7.30. The first-order chi connectivity index (χ1) is 18.8. The van der Waals surface area contributed by atoms with Crippen LogP contribution in [0.4, 0.5) is 16.2 Å². The van der Waals surface area contributed by atoms with Crippen molar-refractivity contribution >= 4 is 52.5 Å². The summed E-state index contributed by atoms with van der Waals surface area (Å²) in [5.41, 5.74) is 6.80. The molecule has 8 nitrogen and oxygen atoms in total. The Morgan fingerprint density at radius 3 is 2.41 bits per heavy atom. The Kier molecular flexibility index (Phi) is 7.68. The van der Waals surface area contributed by atoms with Gasteiger partial charge in [-0.15, -0.1) is 0 Å². The van der Waals surface area contributed by atoms with E-state index < -0.39 is 11.6 Å². The van der Waals surface area contributed by atoms with Gasteiger partial charge in [-0.05, 0) is 42.0 Å². The van der Waals surface area contributed by atoms with E-state index in [1.807, 2.05) is 59.5 Å². The van der Waals surface area contributed by atoms with E-state index in [9.17, 15) is 14.4 Å². The Bertz CT molecular complexity index is 1400. The van der Waals surface area contributed by atoms with E-state index in [1.165, 1.54) is 0 Å². The maximum Gasteiger partial charge on any atom is 0.404 e. The lowest BCUT2D eigenvalue weighted by Gasteiger charge is -2.42. The van der Waals surface area contributed by atoms with E-state index in [2.05, 4.69) is 5.32 Å². The molecule has 0 saturated carbocycles. The van der Waals surface area contributed by atoms with Crippen LogP contribution in [0.5, 0.6) is 0 Å². The molecule has 0 aromatic heterocycles. The average molecular weight is 567 g/mol. The monoisotopic (exact) mass is 566 g/mol. The number of nitrogens with two attached hydrogens (primary N) is 1. The van der Waals surface area contributed by atoms with Crippen LogP contribution in [0.3, 0.4) is 0 Å². The van der Waals surface area contributed by atoms with Crippen LogP contribution < -0.4 is 16.0 Å². The molecule has 0 radical (unpaired) electrons. The molecule has 0 aliphatic carbocycles. The molecule has 1 unspecified atom stereocenters. The van der Waals surface area contributed by atoms with Gasteiger partial charge in [0.25, 0.3) is 5.91 Å². The molecular formula is C29H28Cl2N4O4. The van der Waals surface area contributed by atoms with Crippen molar-refractivity contribution in [1.82, 2.24) is 4.90 Å². The van der Waals surface area contributed by atoms with Gasteiger partial charge < -0.3 is 25.6 Å². The smallest absolute Gasteiger partial charge is 0.404 e. The van der Waals surface area contributed by atoms with Gasteiger partial charge in [-0.25, -0.2) is 4.79 Å². The van der Waals surface area contributed by atoms with Crippen molar-refractivity contribution in [2.45, 2.75) is 30.9 Å². The highest BCUT2D eigenvalue weighted by molar-refractivity contribution is 6.31. The van der Waals surface area contributed by atoms with E-state index in [0.717, 1.165) is 16.8 Å². The zero-order chi connectivity index (χ0) is 27.6. The lowest BCUT2D eigenvalue weighted by Crippen LogP contribution is -2.57. The van der Waals surface area contributed by atoms with Crippen molar-refractivity contribution in [3.05, 3.63) is 94.0 Å². The van der Waals surface area contributed by atoms with Gasteiger partial charge in [0.1, 0.15) is 6.10 Å². The van der Waals surface area contributed by atoms with Gasteiger partial charge >= 0.3 is 6.09 Å². The Labute approximate surface area is 236 Å². The van der Waals surface area contributed by atoms with Crippen LogP contribution >= 0.6 is 23.2 Å². The molecule has 2 heterocycles. The number of amides is 3. The summed E-state index contributed by atoms with van der Waals surface area (Å²) in [5, 5.41) is 4.06. The van der Waals surface area contributed by atoms with Gasteiger partial charge in [0.05, 0.1) is 6.54 Å². The Morgan fingerprint density at radius 1 is 1.00 bits per heavy atom. The molecule has 2 aliphatic rings. The maximum absolute atomic E-state index is 14.1. The second kappa shape index (κ2) is 11.2. The molecule has 3 amide bonds. The molecule has 39 heavy (non-hydrogen) atoms. The summed E-state index contributed by atoms with van der Waals surface area (Å²) < 4.78 is 5.12. The second-order valence-electron chi connectivity index (χ2n) is 9.75. The zero-order valence-corrected chi connectivity index (χ0v) is 22.6. The molecular weight excluding hydrogens is 539 g/mol. The van der Waals surface area contributed by atoms with Crippen LogP contribution in [-0.4, -0.2) is 48.5 Å². The van der Waals surface area contributed by atoms with Crippen molar-refractivity contribution in [1.29, 1.82) is 0 Å². The van der Waals surface area contributed by atoms with Gasteiger partial charge in [0, 0.05) is 59.3 Å². The first kappa shape index (κ1) is 26.8. The summed E-state index contributed by atoms with van der Waals surface area (Å²) in [4.78, 5) is 42.6. The number of hydrogen-bond acceptors (Lipinski definition) is 5. The normalized spacial score (nSPS) is 18.8. The van der Waals surface area contributed by atoms with Crippen molar-refractivity contribution in [3.63, 3.8) is 0 Å². The number of fused-ring (bicyclic) bond motifs is 1. The first-order valence-corrected chi connectivity index (χ1v) is 13.4. The van der Waals surface area contributed by atoms with Crippen LogP contribution in [0, 0.1) is 0 Å². The van der Waals surface area contributed by atoms with Crippen molar-refractivity contribution < 1.29 is 19.1 Å². The highest BCUT2D eigenvalue weighted by Gasteiger charge is 2.52. The highest BCUT2D eigenvalue weighted by Crippen LogP contribution is 2.46. The van der Waals surface area contributed by atoms with E-state index >= 15 is 0 Å². The van der Waals surface area contributed by atoms with Crippen LogP contribution in [0.2, 0.25) is 10.0 Å². The average Bonchev–Trinajstić information content (AvgIpc) is 3.18. The SMILES string of the molecule is NC(=O)OC1CCN(C(=O)CN(c2ccccc2)C2(Cc3cccc(Cl)c3)C(=O)Nc3cc(Cl)ccc32)CC1. The zero-order valence-electron chi connectivity index (χ0n) is 21.1. The molecule has 1 atom stereocenters. The molecule has 3 N–H and O–H groups in total. The number of halogens is 2. The summed E-state index contributed by atoms with van der Waals surface area (Å²) >= 11 is 12.6. The largest absolute Gasteiger partial charge is 0.446 e. The maximum atomic E-state index is 14.1. The fourth-order valence-corrected chi connectivity index (χ4v) is 5.87. The fraction of sp³-hybridized carbons (Fsp3) is 0.276. The number of piperidine rings is 1. The predicted molar refractivity (Wildman–Crippen MR) is 151 cm³/mol. The molecule has 202 valence electrons. The third kappa shape index (κ3) is 5.53. The van der Waals surface area contributed by atoms with Gasteiger partial charge in [-0.3, -0.25) is 9.59 Å². The number of anilines is 2. The number of rotatable bonds is 7. The molecule has 1 fully saturated rings. The summed E-state index contributed by atoms with van der Waals surface area (Å²) in [6.07, 6.45) is 0.127. The number of carbonyl (C=O) groups is 3. The number of ether oxygens (including phenoxy) is 1. The quantitative estimate of drug-likeness (QED) is 0.419. The number of nitrogens with zero attached hydrogens (tertiary/aromatic N) is 2. The number of nitrogens with one attached hydrogen (secondary N) is 1. The summed E-state index contributed by atoms with van der Waals surface area (Å²) in [6.45, 7) is 0.777. The number of para-hydroxylation sites is 1. The Morgan fingerprint density at radius 2 is 1.72 bits per heavy atom. The predicted octanol–water partition coefficient (Wildman–Crippen LogP) is 4.98. The molecule has 10 heteroatoms. The first-order valence-electron chi connectivity index (χ1n) is 12.7. The van der Waals surface area contributed by atoms with Crippen LogP contribution in [0.1, 0.15) is 24.0 Å². The molecule has 3 aromatic rings. The number of primary amides is 1. The summed E-state index contributed by atoms with van der Waals surface area (Å²) in [6, 6.07) is 22.1. The van der Waals surface area contributed by atoms with E-state index in [0.29, 0.717) is 41.7 Å². The van der Waals surface area contributed by atoms with Gasteiger partial charge in [-0.2, -0.15) is 0 Å². The van der Waals surface area contributed by atoms with E-state index in [4.69, 9.17) is 33.7 Å². The van der Waals surface area contributed by atoms with Crippen LogP contribution in [0.15, 0.2) is 72.8 Å². The third-order valence-corrected chi connectivity index (χ3v) is 7.77. The number of likely N-dealkylation sites (tertiary alicyclic amines) is 1. The number of carbonyl (C=O) groups excluding carboxylic acids is 3. The molecule has 3 aromatic carbocycles. The molecule has 5 rings (SSSR count). The highest BCUT2D eigenvalue weighted by atomic mass is 35.5. The van der Waals surface area contributed by atoms with Crippen molar-refractivity contribution in [2.24, 2.45) is 5.73 Å². The molecule has 0 spiro atoms. The van der Waals surface area contributed by atoms with Crippen LogP contribution in [0.25, 0.3) is 0 Å². The molecule has 1 saturated heterocycles. The van der Waals surface area contributed by atoms with Crippen LogP contribution in [-0.2, 0) is 26.3 Å². The van der Waals surface area contributed by atoms with Gasteiger partial charge in [0.15, 0.2) is 5.54 Å². The summed E-state index contributed by atoms with van der Waals surface area (Å²) in [7, 11) is 0. The number of benzene rings is 3. The summed E-state index contributed by atoms with van der Waals surface area (Å²) in [5.74, 6) is -0.401. The van der Waals surface area contributed by atoms with Gasteiger partial charge in [0.2, 0.25) is 5.91 Å². The van der Waals surface area contributed by atoms with E-state index in [-0.39, 0.29) is 30.9 Å². The Balaban J connectivity index is 1.55. The van der Waals surface area contributed by atoms with E-state index in [1.54, 1.807) is 23.1 Å². The second-order valence-corrected chi connectivity index (χ2v) is 10.6. The van der Waals surface area contributed by atoms with Crippen molar-refractivity contribution in [2.75, 3.05) is 29.9 Å². The topological polar surface area (TPSA) is 105 Å². The minimum absolute atomic E-state index is 0.0542. The minimum Gasteiger partial charge on any atom is -0.446 e. The fourth-order valence-electron chi connectivity index (χ4n) is 5.49. The Hall–Kier alpha value is -3.75. The van der Waals surface area contributed by atoms with Gasteiger partial charge in [-0.1, -0.05) is 59.6 Å². The lowest BCUT2D eigenvalue weighted by molar-refractivity contribution is -0.132. The minimum atomic E-state index is -1.25. The standard InChI is InChI=1S/C29H28Cl2N4O4/c30-20-6-4-5-19(15-20)17-29(24-10-9-21(31)16-25(24)33-27(29)37)35(22-7-2-1-3-8-22)18-26(36)34-13-11-23(12-14-34)39-28(32)38/h1-10,15-16,23H,11-14,17-18H2,(H2,32,38)(H,33,37).